The van der Waals surface area contributed by atoms with E-state index in [-0.39, 0.29) is 66.2 Å². The van der Waals surface area contributed by atoms with Crippen LogP contribution in [0.15, 0.2) is 0 Å². The fourth-order valence-corrected chi connectivity index (χ4v) is 8.17. The Labute approximate surface area is 251 Å². The molecule has 5 rings (SSSR count). The van der Waals surface area contributed by atoms with E-state index in [1.54, 1.807) is 0 Å². The van der Waals surface area contributed by atoms with Crippen molar-refractivity contribution < 1.29 is 71.9 Å². The molecule has 1 heterocycles. The first-order valence-corrected chi connectivity index (χ1v) is 15.0. The van der Waals surface area contributed by atoms with Crippen LogP contribution in [0.1, 0.15) is 71.6 Å². The molecule has 4 bridgehead atoms. The van der Waals surface area contributed by atoms with Gasteiger partial charge in [0.2, 0.25) is 11.8 Å². The zero-order valence-electron chi connectivity index (χ0n) is 23.0. The summed E-state index contributed by atoms with van der Waals surface area (Å²) in [6.45, 7) is 4.17. The molecule has 8 atom stereocenters. The SMILES string of the molecule is CC(C)C[C@H](NC(=O)OCC12C[C@@H]3C[C@@H](CC(O)(C3)C1)C2)C(=O)N[C@@H](C[C@@H]1CCNC1=O)C(O)S(=O)(=O)[O-].[Na+]. The molecule has 4 aliphatic carbocycles. The summed E-state index contributed by atoms with van der Waals surface area (Å²) >= 11 is 0. The number of rotatable bonds is 11. The van der Waals surface area contributed by atoms with E-state index < -0.39 is 51.2 Å². The van der Waals surface area contributed by atoms with Crippen LogP contribution in [0, 0.1) is 29.1 Å². The summed E-state index contributed by atoms with van der Waals surface area (Å²) in [6.07, 6.45) is 4.58. The van der Waals surface area contributed by atoms with E-state index in [1.165, 1.54) is 0 Å². The number of aliphatic hydroxyl groups is 2. The van der Waals surface area contributed by atoms with Crippen LogP contribution >= 0.6 is 0 Å². The maximum atomic E-state index is 13.2. The molecule has 0 aromatic heterocycles. The maximum absolute atomic E-state index is 13.2. The van der Waals surface area contributed by atoms with Gasteiger partial charge in [-0.1, -0.05) is 13.8 Å². The number of hydrogen-bond donors (Lipinski definition) is 5. The van der Waals surface area contributed by atoms with Crippen molar-refractivity contribution in [3.05, 3.63) is 0 Å². The molecule has 0 aromatic rings. The molecule has 5 fully saturated rings. The minimum absolute atomic E-state index is 0. The molecule has 5 N–H and O–H groups in total. The van der Waals surface area contributed by atoms with Crippen molar-refractivity contribution in [2.24, 2.45) is 29.1 Å². The van der Waals surface area contributed by atoms with Crippen LogP contribution in [0.4, 0.5) is 4.79 Å². The van der Waals surface area contributed by atoms with Crippen molar-refractivity contribution in [3.8, 4) is 0 Å². The van der Waals surface area contributed by atoms with Gasteiger partial charge >= 0.3 is 35.7 Å². The third-order valence-electron chi connectivity index (χ3n) is 8.65. The van der Waals surface area contributed by atoms with E-state index in [9.17, 15) is 37.6 Å². The largest absolute Gasteiger partial charge is 1.00 e. The Morgan fingerprint density at radius 3 is 2.33 bits per heavy atom. The second-order valence-electron chi connectivity index (χ2n) is 12.6. The number of aliphatic hydroxyl groups excluding tert-OH is 1. The number of carbonyl (C=O) groups excluding carboxylic acids is 3. The van der Waals surface area contributed by atoms with E-state index in [4.69, 9.17) is 4.74 Å². The van der Waals surface area contributed by atoms with Gasteiger partial charge < -0.3 is 35.5 Å². The Morgan fingerprint density at radius 1 is 1.18 bits per heavy atom. The van der Waals surface area contributed by atoms with Crippen molar-refractivity contribution >= 4 is 28.0 Å². The van der Waals surface area contributed by atoms with Crippen LogP contribution in [0.2, 0.25) is 0 Å². The molecular formula is C25H40N3NaO9S. The summed E-state index contributed by atoms with van der Waals surface area (Å²) in [7, 11) is -5.19. The summed E-state index contributed by atoms with van der Waals surface area (Å²) in [5.74, 6) is -1.01. The van der Waals surface area contributed by atoms with Gasteiger partial charge in [0.15, 0.2) is 5.44 Å². The molecule has 1 saturated heterocycles. The fraction of sp³-hybridized carbons (Fsp3) is 0.880. The standard InChI is InChI=1S/C25H41N3O9S.Na/c1-14(2)5-18(21(30)27-19(22(31)38(34,35)36)7-17-3-4-26-20(17)29)28-23(32)37-13-24-8-15-6-16(9-24)11-25(33,10-15)12-24;/h14-19,22,31,33H,3-13H2,1-2H3,(H,26,29)(H,27,30)(H,28,32)(H,34,35,36);/q;+1/p-1/t15-,16+,17-,18-,19-,22?,24?,25?;/m0./s1. The van der Waals surface area contributed by atoms with Gasteiger partial charge in [0.05, 0.1) is 18.2 Å². The second kappa shape index (κ2) is 12.5. The van der Waals surface area contributed by atoms with Crippen LogP contribution in [0.5, 0.6) is 0 Å². The molecule has 4 saturated carbocycles. The van der Waals surface area contributed by atoms with Crippen LogP contribution in [0.25, 0.3) is 0 Å². The third kappa shape index (κ3) is 8.08. The Balaban J connectivity index is 0.00000420. The van der Waals surface area contributed by atoms with Crippen LogP contribution < -0.4 is 45.5 Å². The Morgan fingerprint density at radius 2 is 1.82 bits per heavy atom. The van der Waals surface area contributed by atoms with Gasteiger partial charge in [-0.25, -0.2) is 13.2 Å². The van der Waals surface area contributed by atoms with Crippen molar-refractivity contribution in [1.29, 1.82) is 0 Å². The van der Waals surface area contributed by atoms with E-state index in [0.717, 1.165) is 32.1 Å². The van der Waals surface area contributed by atoms with Crippen molar-refractivity contribution in [1.82, 2.24) is 16.0 Å². The molecule has 0 radical (unpaired) electrons. The molecule has 39 heavy (non-hydrogen) atoms. The number of carbonyl (C=O) groups is 3. The smallest absolute Gasteiger partial charge is 0.746 e. The Bertz CT molecular complexity index is 1030. The Hall–Kier alpha value is -0.960. The molecule has 0 aromatic carbocycles. The molecule has 1 aliphatic heterocycles. The van der Waals surface area contributed by atoms with E-state index in [0.29, 0.717) is 31.2 Å². The third-order valence-corrected chi connectivity index (χ3v) is 9.57. The number of amides is 3. The second-order valence-corrected chi connectivity index (χ2v) is 14.1. The zero-order valence-corrected chi connectivity index (χ0v) is 25.8. The molecule has 3 unspecified atom stereocenters. The molecule has 216 valence electrons. The molecule has 14 heteroatoms. The van der Waals surface area contributed by atoms with Crippen molar-refractivity contribution in [3.63, 3.8) is 0 Å². The normalized spacial score (nSPS) is 33.6. The van der Waals surface area contributed by atoms with Crippen LogP contribution in [-0.4, -0.2) is 77.4 Å². The number of hydrogen-bond acceptors (Lipinski definition) is 9. The summed E-state index contributed by atoms with van der Waals surface area (Å²) in [5.41, 5.74) is -3.42. The first-order valence-electron chi connectivity index (χ1n) is 13.5. The summed E-state index contributed by atoms with van der Waals surface area (Å²) in [5, 5.41) is 28.6. The van der Waals surface area contributed by atoms with Gasteiger partial charge in [-0.3, -0.25) is 9.59 Å². The van der Waals surface area contributed by atoms with E-state index in [1.807, 2.05) is 13.8 Å². The van der Waals surface area contributed by atoms with Gasteiger partial charge in [-0.2, -0.15) is 0 Å². The molecular weight excluding hydrogens is 541 g/mol. The molecule has 12 nitrogen and oxygen atoms in total. The molecule has 3 amide bonds. The minimum atomic E-state index is -5.19. The van der Waals surface area contributed by atoms with Crippen LogP contribution in [-0.2, 0) is 24.4 Å². The van der Waals surface area contributed by atoms with Gasteiger partial charge in [0.25, 0.3) is 0 Å². The molecule has 5 aliphatic rings. The summed E-state index contributed by atoms with van der Waals surface area (Å²) < 4.78 is 40.2. The summed E-state index contributed by atoms with van der Waals surface area (Å²) in [6, 6.07) is -2.65. The zero-order chi connectivity index (χ0) is 27.9. The van der Waals surface area contributed by atoms with Crippen molar-refractivity contribution in [2.45, 2.75) is 94.8 Å². The van der Waals surface area contributed by atoms with Crippen LogP contribution in [0.3, 0.4) is 0 Å². The fourth-order valence-electron chi connectivity index (χ4n) is 7.58. The van der Waals surface area contributed by atoms with Gasteiger partial charge in [-0.05, 0) is 75.5 Å². The van der Waals surface area contributed by atoms with Crippen molar-refractivity contribution in [2.75, 3.05) is 13.2 Å². The molecule has 0 spiro atoms. The average molecular weight is 582 g/mol. The Kier molecular flexibility index (Phi) is 10.4. The minimum Gasteiger partial charge on any atom is -0.746 e. The quantitative estimate of drug-likeness (QED) is 0.128. The monoisotopic (exact) mass is 581 g/mol. The first-order chi connectivity index (χ1) is 17.7. The van der Waals surface area contributed by atoms with Gasteiger partial charge in [0.1, 0.15) is 16.2 Å². The average Bonchev–Trinajstić information content (AvgIpc) is 3.18. The summed E-state index contributed by atoms with van der Waals surface area (Å²) in [4.78, 5) is 37.9. The predicted octanol–water partition coefficient (Wildman–Crippen LogP) is -2.66. The van der Waals surface area contributed by atoms with E-state index in [2.05, 4.69) is 16.0 Å². The van der Waals surface area contributed by atoms with Gasteiger partial charge in [-0.15, -0.1) is 0 Å². The number of ether oxygens (including phenoxy) is 1. The number of alkyl carbamates (subject to hydrolysis) is 1. The van der Waals surface area contributed by atoms with Gasteiger partial charge in [0, 0.05) is 17.9 Å². The van der Waals surface area contributed by atoms with E-state index >= 15 is 0 Å². The predicted molar refractivity (Wildman–Crippen MR) is 133 cm³/mol. The number of nitrogens with one attached hydrogen (secondary N) is 3. The first kappa shape index (κ1) is 32.6. The maximum Gasteiger partial charge on any atom is 1.00 e. The topological polar surface area (TPSA) is 194 Å².